The lowest BCUT2D eigenvalue weighted by molar-refractivity contribution is 0.299. The second kappa shape index (κ2) is 9.32. The molecule has 0 fully saturated rings. The van der Waals surface area contributed by atoms with Crippen LogP contribution in [0.15, 0.2) is 132 Å². The molecule has 0 aliphatic heterocycles. The van der Waals surface area contributed by atoms with E-state index in [-0.39, 0.29) is 10.8 Å². The van der Waals surface area contributed by atoms with Crippen LogP contribution < -0.4 is 4.90 Å². The number of rotatable bonds is 3. The lowest BCUT2D eigenvalue weighted by atomic mass is 9.55. The predicted molar refractivity (Wildman–Crippen MR) is 193 cm³/mol. The van der Waals surface area contributed by atoms with Crippen molar-refractivity contribution in [1.82, 2.24) is 0 Å². The zero-order valence-corrected chi connectivity index (χ0v) is 26.7. The lowest BCUT2D eigenvalue weighted by Gasteiger charge is -2.48. The summed E-state index contributed by atoms with van der Waals surface area (Å²) in [5, 5.41) is 4.93. The van der Waals surface area contributed by atoms with Gasteiger partial charge in [-0.05, 0) is 70.0 Å². The number of nitrogens with zero attached hydrogens (tertiary/aromatic N) is 1. The molecule has 1 aliphatic carbocycles. The third-order valence-corrected chi connectivity index (χ3v) is 11.8. The Balaban J connectivity index is 1.26. The lowest BCUT2D eigenvalue weighted by Crippen LogP contribution is -2.43. The van der Waals surface area contributed by atoms with Gasteiger partial charge in [0.1, 0.15) is 11.2 Å². The molecule has 0 radical (unpaired) electrons. The molecule has 9 rings (SSSR count). The Labute approximate surface area is 267 Å². The SMILES string of the molecule is CC1(C)c2ccccc2-c2c(ccc3c2sc2cc(N(c4ccccc4)c4ccc5c(c4)oc4ccccc45)ccc23)C1(C)C. The van der Waals surface area contributed by atoms with Gasteiger partial charge < -0.3 is 9.32 Å². The van der Waals surface area contributed by atoms with Crippen LogP contribution in [-0.2, 0) is 10.8 Å². The Morgan fingerprint density at radius 2 is 1.16 bits per heavy atom. The smallest absolute Gasteiger partial charge is 0.137 e. The van der Waals surface area contributed by atoms with Crippen LogP contribution in [0.1, 0.15) is 38.8 Å². The second-order valence-corrected chi connectivity index (χ2v) is 14.4. The van der Waals surface area contributed by atoms with Crippen LogP contribution in [0.3, 0.4) is 0 Å². The Morgan fingerprint density at radius 1 is 0.511 bits per heavy atom. The number of benzene rings is 6. The highest BCUT2D eigenvalue weighted by Gasteiger charge is 2.46. The molecule has 2 aromatic heterocycles. The molecular formula is C42H33NOS. The van der Waals surface area contributed by atoms with Crippen molar-refractivity contribution in [3.63, 3.8) is 0 Å². The first-order chi connectivity index (χ1) is 21.8. The average molecular weight is 600 g/mol. The summed E-state index contributed by atoms with van der Waals surface area (Å²) in [6, 6.07) is 46.2. The highest BCUT2D eigenvalue weighted by atomic mass is 32.1. The van der Waals surface area contributed by atoms with E-state index in [4.69, 9.17) is 4.42 Å². The first-order valence-corrected chi connectivity index (χ1v) is 16.5. The average Bonchev–Trinajstić information content (AvgIpc) is 3.62. The summed E-state index contributed by atoms with van der Waals surface area (Å²) in [4.78, 5) is 2.34. The fraction of sp³-hybridized carbons (Fsp3) is 0.143. The summed E-state index contributed by atoms with van der Waals surface area (Å²) in [7, 11) is 0. The summed E-state index contributed by atoms with van der Waals surface area (Å²) in [5.74, 6) is 0. The van der Waals surface area contributed by atoms with Crippen molar-refractivity contribution in [3.8, 4) is 11.1 Å². The quantitative estimate of drug-likeness (QED) is 0.201. The van der Waals surface area contributed by atoms with Gasteiger partial charge in [0.15, 0.2) is 0 Å². The standard InChI is InChI=1S/C42H33NOS/c1-41(2)34-16-10-8-15-33(34)39-35(42(41,3)4)23-22-32-31-21-19-28(25-38(31)45-40(32)39)43(26-12-6-5-7-13-26)27-18-20-30-29-14-9-11-17-36(29)44-37(30)24-27/h5-25H,1-4H3. The highest BCUT2D eigenvalue weighted by molar-refractivity contribution is 7.26. The van der Waals surface area contributed by atoms with Gasteiger partial charge in [0.25, 0.3) is 0 Å². The maximum Gasteiger partial charge on any atom is 0.137 e. The molecule has 0 bridgehead atoms. The largest absolute Gasteiger partial charge is 0.456 e. The molecule has 6 aromatic carbocycles. The minimum absolute atomic E-state index is 0.00831. The zero-order valence-electron chi connectivity index (χ0n) is 25.9. The number of hydrogen-bond donors (Lipinski definition) is 0. The van der Waals surface area contributed by atoms with Gasteiger partial charge in [0.2, 0.25) is 0 Å². The normalized spacial score (nSPS) is 15.0. The van der Waals surface area contributed by atoms with Crippen LogP contribution in [0.2, 0.25) is 0 Å². The summed E-state index contributed by atoms with van der Waals surface area (Å²) in [5.41, 5.74) is 10.8. The molecule has 0 atom stereocenters. The van der Waals surface area contributed by atoms with E-state index in [1.165, 1.54) is 42.4 Å². The van der Waals surface area contributed by atoms with E-state index in [9.17, 15) is 0 Å². The molecule has 8 aromatic rings. The summed E-state index contributed by atoms with van der Waals surface area (Å²) in [6.45, 7) is 9.62. The van der Waals surface area contributed by atoms with E-state index >= 15 is 0 Å². The minimum atomic E-state index is -0.00831. The van der Waals surface area contributed by atoms with Crippen LogP contribution in [0, 0.1) is 0 Å². The molecule has 0 saturated carbocycles. The monoisotopic (exact) mass is 599 g/mol. The van der Waals surface area contributed by atoms with Crippen LogP contribution >= 0.6 is 11.3 Å². The van der Waals surface area contributed by atoms with E-state index in [0.717, 1.165) is 39.0 Å². The van der Waals surface area contributed by atoms with E-state index in [1.807, 2.05) is 23.5 Å². The summed E-state index contributed by atoms with van der Waals surface area (Å²) < 4.78 is 8.99. The van der Waals surface area contributed by atoms with Crippen LogP contribution in [0.5, 0.6) is 0 Å². The van der Waals surface area contributed by atoms with Crippen LogP contribution in [0.25, 0.3) is 53.2 Å². The molecule has 45 heavy (non-hydrogen) atoms. The molecule has 2 nitrogen and oxygen atoms in total. The zero-order chi connectivity index (χ0) is 30.5. The molecule has 218 valence electrons. The fourth-order valence-corrected chi connectivity index (χ4v) is 8.85. The van der Waals surface area contributed by atoms with E-state index in [0.29, 0.717) is 0 Å². The number of thiophene rings is 1. The third kappa shape index (κ3) is 3.68. The highest BCUT2D eigenvalue weighted by Crippen LogP contribution is 2.57. The number of furan rings is 1. The molecule has 2 heterocycles. The third-order valence-electron chi connectivity index (χ3n) is 10.6. The summed E-state index contributed by atoms with van der Waals surface area (Å²) >= 11 is 1.92. The number of fused-ring (bicyclic) bond motifs is 10. The van der Waals surface area contributed by atoms with Crippen LogP contribution in [0.4, 0.5) is 17.1 Å². The van der Waals surface area contributed by atoms with Crippen molar-refractivity contribution >= 4 is 70.5 Å². The molecule has 0 unspecified atom stereocenters. The number of anilines is 3. The van der Waals surface area contributed by atoms with E-state index < -0.39 is 0 Å². The first-order valence-electron chi connectivity index (χ1n) is 15.7. The van der Waals surface area contributed by atoms with Crippen molar-refractivity contribution in [2.75, 3.05) is 4.90 Å². The summed E-state index contributed by atoms with van der Waals surface area (Å²) in [6.07, 6.45) is 0. The Morgan fingerprint density at radius 3 is 2.00 bits per heavy atom. The van der Waals surface area contributed by atoms with Gasteiger partial charge in [0.05, 0.1) is 0 Å². The molecule has 0 spiro atoms. The molecule has 1 aliphatic rings. The van der Waals surface area contributed by atoms with Crippen LogP contribution in [-0.4, -0.2) is 0 Å². The molecular weight excluding hydrogens is 567 g/mol. The van der Waals surface area contributed by atoms with Crippen molar-refractivity contribution in [3.05, 3.63) is 139 Å². The van der Waals surface area contributed by atoms with Gasteiger partial charge in [-0.1, -0.05) is 107 Å². The predicted octanol–water partition coefficient (Wildman–Crippen LogP) is 12.7. The van der Waals surface area contributed by atoms with Crippen molar-refractivity contribution in [2.45, 2.75) is 38.5 Å². The van der Waals surface area contributed by atoms with E-state index in [1.54, 1.807) is 0 Å². The van der Waals surface area contributed by atoms with Gasteiger partial charge in [-0.15, -0.1) is 11.3 Å². The Hall–Kier alpha value is -4.86. The van der Waals surface area contributed by atoms with Gasteiger partial charge in [0, 0.05) is 59.6 Å². The number of hydrogen-bond acceptors (Lipinski definition) is 3. The van der Waals surface area contributed by atoms with Gasteiger partial charge in [-0.25, -0.2) is 0 Å². The van der Waals surface area contributed by atoms with E-state index in [2.05, 4.69) is 148 Å². The topological polar surface area (TPSA) is 16.4 Å². The van der Waals surface area contributed by atoms with Gasteiger partial charge in [-0.3, -0.25) is 0 Å². The van der Waals surface area contributed by atoms with Gasteiger partial charge in [-0.2, -0.15) is 0 Å². The first kappa shape index (κ1) is 26.5. The fourth-order valence-electron chi connectivity index (χ4n) is 7.55. The molecule has 0 amide bonds. The second-order valence-electron chi connectivity index (χ2n) is 13.4. The maximum absolute atomic E-state index is 6.31. The Bertz CT molecular complexity index is 2440. The maximum atomic E-state index is 6.31. The molecule has 0 N–H and O–H groups in total. The van der Waals surface area contributed by atoms with Crippen molar-refractivity contribution in [1.29, 1.82) is 0 Å². The van der Waals surface area contributed by atoms with Gasteiger partial charge >= 0.3 is 0 Å². The minimum Gasteiger partial charge on any atom is -0.456 e. The van der Waals surface area contributed by atoms with Crippen molar-refractivity contribution in [2.24, 2.45) is 0 Å². The molecule has 0 saturated heterocycles. The van der Waals surface area contributed by atoms with Crippen molar-refractivity contribution < 1.29 is 4.42 Å². The number of para-hydroxylation sites is 2. The molecule has 3 heteroatoms. The Kier molecular flexibility index (Phi) is 5.50.